The molecule has 5 heteroatoms. The fraction of sp³-hybridized carbons (Fsp3) is 0.316. The van der Waals surface area contributed by atoms with E-state index in [2.05, 4.69) is 42.9 Å². The van der Waals surface area contributed by atoms with Gasteiger partial charge < -0.3 is 9.32 Å². The minimum absolute atomic E-state index is 0.0178. The first-order valence-corrected chi connectivity index (χ1v) is 8.05. The molecule has 5 nitrogen and oxygen atoms in total. The lowest BCUT2D eigenvalue weighted by Gasteiger charge is -2.18. The first kappa shape index (κ1) is 14.9. The van der Waals surface area contributed by atoms with Gasteiger partial charge in [-0.1, -0.05) is 26.8 Å². The maximum absolute atomic E-state index is 12.4. The standard InChI is InChI=1S/C19H19N3O2/c1-19(2,3)12-6-7-16-14(9-12)21-17(24-16)11-22-10-15-13(18(22)23)5-4-8-20-15/h4-9H,10-11H2,1-3H3. The van der Waals surface area contributed by atoms with Crippen LogP contribution in [0, 0.1) is 0 Å². The molecule has 0 saturated carbocycles. The van der Waals surface area contributed by atoms with Crippen molar-refractivity contribution in [3.63, 3.8) is 0 Å². The monoisotopic (exact) mass is 321 g/mol. The molecule has 0 saturated heterocycles. The fourth-order valence-corrected chi connectivity index (χ4v) is 2.98. The number of benzene rings is 1. The van der Waals surface area contributed by atoms with E-state index in [1.54, 1.807) is 17.2 Å². The number of nitrogens with zero attached hydrogens (tertiary/aromatic N) is 3. The highest BCUT2D eigenvalue weighted by atomic mass is 16.3. The molecule has 0 unspecified atom stereocenters. The minimum atomic E-state index is -0.0178. The second-order valence-corrected chi connectivity index (χ2v) is 7.20. The molecule has 0 radical (unpaired) electrons. The van der Waals surface area contributed by atoms with Crippen molar-refractivity contribution in [3.8, 4) is 0 Å². The molecule has 0 aliphatic carbocycles. The number of fused-ring (bicyclic) bond motifs is 2. The fourth-order valence-electron chi connectivity index (χ4n) is 2.98. The third-order valence-corrected chi connectivity index (χ3v) is 4.37. The van der Waals surface area contributed by atoms with E-state index in [1.807, 2.05) is 12.1 Å². The van der Waals surface area contributed by atoms with Crippen molar-refractivity contribution >= 4 is 17.0 Å². The van der Waals surface area contributed by atoms with Gasteiger partial charge in [-0.2, -0.15) is 0 Å². The van der Waals surface area contributed by atoms with Crippen molar-refractivity contribution in [1.82, 2.24) is 14.9 Å². The Balaban J connectivity index is 1.61. The summed E-state index contributed by atoms with van der Waals surface area (Å²) in [5.41, 5.74) is 4.34. The van der Waals surface area contributed by atoms with Gasteiger partial charge in [-0.05, 0) is 35.2 Å². The third kappa shape index (κ3) is 2.46. The van der Waals surface area contributed by atoms with Crippen LogP contribution in [0.15, 0.2) is 40.9 Å². The number of carbonyl (C=O) groups is 1. The number of aromatic nitrogens is 2. The van der Waals surface area contributed by atoms with Crippen molar-refractivity contribution in [1.29, 1.82) is 0 Å². The van der Waals surface area contributed by atoms with Gasteiger partial charge in [0.05, 0.1) is 24.3 Å². The zero-order chi connectivity index (χ0) is 16.9. The molecule has 1 aliphatic heterocycles. The van der Waals surface area contributed by atoms with E-state index < -0.39 is 0 Å². The molecular formula is C19H19N3O2. The Morgan fingerprint density at radius 3 is 2.83 bits per heavy atom. The summed E-state index contributed by atoms with van der Waals surface area (Å²) in [6.07, 6.45) is 1.71. The highest BCUT2D eigenvalue weighted by Gasteiger charge is 2.29. The van der Waals surface area contributed by atoms with Gasteiger partial charge in [0.15, 0.2) is 5.58 Å². The summed E-state index contributed by atoms with van der Waals surface area (Å²) in [5.74, 6) is 0.535. The molecule has 0 bridgehead atoms. The van der Waals surface area contributed by atoms with Crippen molar-refractivity contribution in [3.05, 3.63) is 59.2 Å². The number of amides is 1. The summed E-state index contributed by atoms with van der Waals surface area (Å²) in [6.45, 7) is 7.36. The van der Waals surface area contributed by atoms with E-state index in [0.29, 0.717) is 24.5 Å². The van der Waals surface area contributed by atoms with Crippen LogP contribution >= 0.6 is 0 Å². The zero-order valence-electron chi connectivity index (χ0n) is 14.0. The van der Waals surface area contributed by atoms with Crippen LogP contribution < -0.4 is 0 Å². The highest BCUT2D eigenvalue weighted by Crippen LogP contribution is 2.27. The first-order valence-electron chi connectivity index (χ1n) is 8.05. The number of hydrogen-bond acceptors (Lipinski definition) is 4. The molecule has 3 heterocycles. The minimum Gasteiger partial charge on any atom is -0.439 e. The molecule has 24 heavy (non-hydrogen) atoms. The van der Waals surface area contributed by atoms with Crippen molar-refractivity contribution < 1.29 is 9.21 Å². The zero-order valence-corrected chi connectivity index (χ0v) is 14.0. The van der Waals surface area contributed by atoms with Crippen LogP contribution in [-0.4, -0.2) is 20.8 Å². The van der Waals surface area contributed by atoms with Gasteiger partial charge in [0.2, 0.25) is 5.89 Å². The maximum Gasteiger partial charge on any atom is 0.256 e. The summed E-state index contributed by atoms with van der Waals surface area (Å²) < 4.78 is 5.82. The first-order chi connectivity index (χ1) is 11.4. The van der Waals surface area contributed by atoms with Crippen LogP contribution in [0.5, 0.6) is 0 Å². The van der Waals surface area contributed by atoms with Crippen LogP contribution in [0.4, 0.5) is 0 Å². The second kappa shape index (κ2) is 5.16. The van der Waals surface area contributed by atoms with E-state index in [9.17, 15) is 4.79 Å². The van der Waals surface area contributed by atoms with Gasteiger partial charge in [-0.15, -0.1) is 0 Å². The summed E-state index contributed by atoms with van der Waals surface area (Å²) >= 11 is 0. The Kier molecular flexibility index (Phi) is 3.20. The Bertz CT molecular complexity index is 937. The Hall–Kier alpha value is -2.69. The van der Waals surface area contributed by atoms with Crippen LogP contribution in [0.1, 0.15) is 48.3 Å². The van der Waals surface area contributed by atoms with Crippen molar-refractivity contribution in [2.75, 3.05) is 0 Å². The number of carbonyl (C=O) groups excluding carboxylic acids is 1. The molecule has 4 rings (SSSR count). The smallest absolute Gasteiger partial charge is 0.256 e. The SMILES string of the molecule is CC(C)(C)c1ccc2oc(CN3Cc4ncccc4C3=O)nc2c1. The molecule has 0 atom stereocenters. The molecule has 0 spiro atoms. The summed E-state index contributed by atoms with van der Waals surface area (Å²) in [5, 5.41) is 0. The van der Waals surface area contributed by atoms with E-state index in [0.717, 1.165) is 16.8 Å². The second-order valence-electron chi connectivity index (χ2n) is 7.20. The van der Waals surface area contributed by atoms with Gasteiger partial charge >= 0.3 is 0 Å². The van der Waals surface area contributed by atoms with Gasteiger partial charge in [-0.25, -0.2) is 4.98 Å². The number of rotatable bonds is 2. The highest BCUT2D eigenvalue weighted by molar-refractivity contribution is 5.97. The number of oxazole rings is 1. The summed E-state index contributed by atoms with van der Waals surface area (Å²) in [4.78, 5) is 23.0. The van der Waals surface area contributed by atoms with Crippen molar-refractivity contribution in [2.24, 2.45) is 0 Å². The molecule has 3 aromatic rings. The van der Waals surface area contributed by atoms with E-state index in [1.165, 1.54) is 5.56 Å². The Morgan fingerprint density at radius 1 is 1.25 bits per heavy atom. The molecular weight excluding hydrogens is 302 g/mol. The number of pyridine rings is 1. The van der Waals surface area contributed by atoms with Crippen LogP contribution in [0.25, 0.3) is 11.1 Å². The van der Waals surface area contributed by atoms with Crippen LogP contribution in [-0.2, 0) is 18.5 Å². The number of hydrogen-bond donors (Lipinski definition) is 0. The molecule has 0 N–H and O–H groups in total. The molecule has 1 aromatic carbocycles. The molecule has 0 fully saturated rings. The van der Waals surface area contributed by atoms with E-state index >= 15 is 0 Å². The lowest BCUT2D eigenvalue weighted by atomic mass is 9.87. The topological polar surface area (TPSA) is 59.2 Å². The largest absolute Gasteiger partial charge is 0.439 e. The molecule has 122 valence electrons. The normalized spacial score (nSPS) is 14.5. The van der Waals surface area contributed by atoms with Gasteiger partial charge in [-0.3, -0.25) is 9.78 Å². The Labute approximate surface area is 140 Å². The van der Waals surface area contributed by atoms with E-state index in [4.69, 9.17) is 4.42 Å². The van der Waals surface area contributed by atoms with Gasteiger partial charge in [0.1, 0.15) is 5.52 Å². The quantitative estimate of drug-likeness (QED) is 0.722. The average molecular weight is 321 g/mol. The summed E-state index contributed by atoms with van der Waals surface area (Å²) in [6, 6.07) is 9.68. The van der Waals surface area contributed by atoms with Gasteiger partial charge in [0.25, 0.3) is 5.91 Å². The molecule has 1 aliphatic rings. The van der Waals surface area contributed by atoms with Crippen LogP contribution in [0.3, 0.4) is 0 Å². The van der Waals surface area contributed by atoms with Crippen molar-refractivity contribution in [2.45, 2.75) is 39.3 Å². The third-order valence-electron chi connectivity index (χ3n) is 4.37. The Morgan fingerprint density at radius 2 is 2.08 bits per heavy atom. The maximum atomic E-state index is 12.4. The van der Waals surface area contributed by atoms with E-state index in [-0.39, 0.29) is 11.3 Å². The lowest BCUT2D eigenvalue weighted by molar-refractivity contribution is 0.0753. The average Bonchev–Trinajstić information content (AvgIpc) is 3.07. The lowest BCUT2D eigenvalue weighted by Crippen LogP contribution is -2.23. The summed E-state index contributed by atoms with van der Waals surface area (Å²) in [7, 11) is 0. The van der Waals surface area contributed by atoms with Crippen LogP contribution in [0.2, 0.25) is 0 Å². The molecule has 1 amide bonds. The predicted molar refractivity (Wildman–Crippen MR) is 90.5 cm³/mol. The van der Waals surface area contributed by atoms with Gasteiger partial charge in [0, 0.05) is 6.20 Å². The molecule has 2 aromatic heterocycles. The predicted octanol–water partition coefficient (Wildman–Crippen LogP) is 3.68.